The molecule has 0 aromatic rings. The zero-order chi connectivity index (χ0) is 9.52. The third-order valence-corrected chi connectivity index (χ3v) is 2.62. The summed E-state index contributed by atoms with van der Waals surface area (Å²) in [6, 6.07) is 0. The van der Waals surface area contributed by atoms with Gasteiger partial charge in [0.05, 0.1) is 5.38 Å². The molecule has 1 rings (SSSR count). The van der Waals surface area contributed by atoms with Crippen LogP contribution in [-0.4, -0.2) is 18.1 Å². The molecule has 0 bridgehead atoms. The Hall–Kier alpha value is -0.190. The maximum absolute atomic E-state index is 5.99. The fourth-order valence-corrected chi connectivity index (χ4v) is 1.56. The number of alkyl halides is 1. The van der Waals surface area contributed by atoms with Crippen molar-refractivity contribution >= 4 is 11.6 Å². The van der Waals surface area contributed by atoms with E-state index in [1.54, 1.807) is 0 Å². The van der Waals surface area contributed by atoms with Crippen LogP contribution < -0.4 is 0 Å². The van der Waals surface area contributed by atoms with Crippen LogP contribution >= 0.6 is 11.6 Å². The average Bonchev–Trinajstić information content (AvgIpc) is 2.52. The molecule has 2 heteroatoms. The summed E-state index contributed by atoms with van der Waals surface area (Å²) in [4.78, 5) is 0. The maximum Gasteiger partial charge on any atom is 0.134 e. The van der Waals surface area contributed by atoms with E-state index in [9.17, 15) is 0 Å². The highest BCUT2D eigenvalue weighted by atomic mass is 35.5. The Bertz CT molecular complexity index is 192. The molecule has 2 atom stereocenters. The number of unbranched alkanes of at least 4 members (excludes halogenated alkanes) is 3. The number of hydrogen-bond donors (Lipinski definition) is 0. The number of halogens is 1. The van der Waals surface area contributed by atoms with Crippen LogP contribution in [0.5, 0.6) is 0 Å². The predicted molar refractivity (Wildman–Crippen MR) is 55.9 cm³/mol. The summed E-state index contributed by atoms with van der Waals surface area (Å²) in [5.41, 5.74) is 0. The SMILES string of the molecule is CCCCCC#C[C@@H]1OCC[C@@H]1Cl. The molecule has 0 aromatic carbocycles. The standard InChI is InChI=1S/C11H17ClO/c1-2-3-4-5-6-7-11-10(12)8-9-13-11/h10-11H,2-5,8-9H2,1H3/t10-,11-/m0/s1. The molecule has 1 aliphatic heterocycles. The van der Waals surface area contributed by atoms with E-state index in [-0.39, 0.29) is 11.5 Å². The summed E-state index contributed by atoms with van der Waals surface area (Å²) in [6.07, 6.45) is 5.63. The van der Waals surface area contributed by atoms with Gasteiger partial charge in [0, 0.05) is 13.0 Å². The van der Waals surface area contributed by atoms with E-state index in [2.05, 4.69) is 18.8 Å². The Balaban J connectivity index is 2.14. The minimum atomic E-state index is -0.0108. The zero-order valence-electron chi connectivity index (χ0n) is 8.18. The van der Waals surface area contributed by atoms with Gasteiger partial charge in [-0.2, -0.15) is 0 Å². The third-order valence-electron chi connectivity index (χ3n) is 2.17. The van der Waals surface area contributed by atoms with Gasteiger partial charge < -0.3 is 4.74 Å². The lowest BCUT2D eigenvalue weighted by Crippen LogP contribution is -2.12. The smallest absolute Gasteiger partial charge is 0.134 e. The Morgan fingerprint density at radius 2 is 2.31 bits per heavy atom. The molecule has 1 nitrogen and oxygen atoms in total. The maximum atomic E-state index is 5.99. The molecule has 0 spiro atoms. The Kier molecular flexibility index (Phi) is 5.27. The quantitative estimate of drug-likeness (QED) is 0.387. The number of rotatable bonds is 3. The second-order valence-corrected chi connectivity index (χ2v) is 3.93. The van der Waals surface area contributed by atoms with Crippen molar-refractivity contribution in [1.29, 1.82) is 0 Å². The van der Waals surface area contributed by atoms with Crippen LogP contribution in [0.4, 0.5) is 0 Å². The molecule has 1 fully saturated rings. The fourth-order valence-electron chi connectivity index (χ4n) is 1.33. The van der Waals surface area contributed by atoms with E-state index in [1.165, 1.54) is 19.3 Å². The van der Waals surface area contributed by atoms with Crippen molar-refractivity contribution in [2.75, 3.05) is 6.61 Å². The van der Waals surface area contributed by atoms with Crippen molar-refractivity contribution in [2.45, 2.75) is 50.5 Å². The second kappa shape index (κ2) is 6.29. The predicted octanol–water partition coefficient (Wildman–Crippen LogP) is 2.97. The first-order valence-electron chi connectivity index (χ1n) is 5.08. The lowest BCUT2D eigenvalue weighted by molar-refractivity contribution is 0.153. The second-order valence-electron chi connectivity index (χ2n) is 3.37. The third kappa shape index (κ3) is 4.02. The van der Waals surface area contributed by atoms with Crippen molar-refractivity contribution in [1.82, 2.24) is 0 Å². The van der Waals surface area contributed by atoms with Gasteiger partial charge in [0.15, 0.2) is 0 Å². The van der Waals surface area contributed by atoms with Gasteiger partial charge in [-0.1, -0.05) is 25.7 Å². The van der Waals surface area contributed by atoms with Crippen molar-refractivity contribution in [3.63, 3.8) is 0 Å². The highest BCUT2D eigenvalue weighted by Crippen LogP contribution is 2.18. The number of hydrogen-bond acceptors (Lipinski definition) is 1. The monoisotopic (exact) mass is 200 g/mol. The van der Waals surface area contributed by atoms with Gasteiger partial charge in [-0.25, -0.2) is 0 Å². The van der Waals surface area contributed by atoms with Crippen LogP contribution in [0.1, 0.15) is 39.0 Å². The Morgan fingerprint density at radius 3 is 2.92 bits per heavy atom. The average molecular weight is 201 g/mol. The van der Waals surface area contributed by atoms with Gasteiger partial charge in [0.25, 0.3) is 0 Å². The summed E-state index contributed by atoms with van der Waals surface area (Å²) < 4.78 is 5.37. The van der Waals surface area contributed by atoms with E-state index in [4.69, 9.17) is 16.3 Å². The molecular formula is C11H17ClO. The first-order chi connectivity index (χ1) is 6.34. The van der Waals surface area contributed by atoms with Crippen molar-refractivity contribution in [3.05, 3.63) is 0 Å². The zero-order valence-corrected chi connectivity index (χ0v) is 8.94. The molecule has 0 amide bonds. The topological polar surface area (TPSA) is 9.23 Å². The van der Waals surface area contributed by atoms with Gasteiger partial charge in [-0.3, -0.25) is 0 Å². The number of ether oxygens (including phenoxy) is 1. The Morgan fingerprint density at radius 1 is 1.46 bits per heavy atom. The van der Waals surface area contributed by atoms with E-state index < -0.39 is 0 Å². The van der Waals surface area contributed by atoms with Crippen molar-refractivity contribution in [2.24, 2.45) is 0 Å². The van der Waals surface area contributed by atoms with E-state index in [0.717, 1.165) is 19.4 Å². The van der Waals surface area contributed by atoms with Crippen LogP contribution in [0.15, 0.2) is 0 Å². The van der Waals surface area contributed by atoms with E-state index in [1.807, 2.05) is 0 Å². The summed E-state index contributed by atoms with van der Waals surface area (Å²) in [7, 11) is 0. The molecule has 0 radical (unpaired) electrons. The summed E-state index contributed by atoms with van der Waals surface area (Å²) in [5, 5.41) is 0.110. The first kappa shape index (κ1) is 10.9. The van der Waals surface area contributed by atoms with Gasteiger partial charge in [-0.05, 0) is 12.8 Å². The van der Waals surface area contributed by atoms with Gasteiger partial charge in [0.2, 0.25) is 0 Å². The highest BCUT2D eigenvalue weighted by Gasteiger charge is 2.23. The lowest BCUT2D eigenvalue weighted by Gasteiger charge is -2.03. The van der Waals surface area contributed by atoms with Gasteiger partial charge >= 0.3 is 0 Å². The molecule has 74 valence electrons. The van der Waals surface area contributed by atoms with Crippen molar-refractivity contribution < 1.29 is 4.74 Å². The molecule has 1 aliphatic rings. The summed E-state index contributed by atoms with van der Waals surface area (Å²) in [5.74, 6) is 6.22. The van der Waals surface area contributed by atoms with E-state index in [0.29, 0.717) is 0 Å². The van der Waals surface area contributed by atoms with Crippen LogP contribution in [0, 0.1) is 11.8 Å². The summed E-state index contributed by atoms with van der Waals surface area (Å²) in [6.45, 7) is 2.96. The molecule has 0 aromatic heterocycles. The molecule has 13 heavy (non-hydrogen) atoms. The molecule has 0 saturated carbocycles. The molecular weight excluding hydrogens is 184 g/mol. The van der Waals surface area contributed by atoms with Gasteiger partial charge in [-0.15, -0.1) is 17.5 Å². The van der Waals surface area contributed by atoms with Crippen molar-refractivity contribution in [3.8, 4) is 11.8 Å². The lowest BCUT2D eigenvalue weighted by atomic mass is 10.2. The minimum absolute atomic E-state index is 0.0108. The summed E-state index contributed by atoms with van der Waals surface area (Å²) >= 11 is 5.99. The van der Waals surface area contributed by atoms with E-state index >= 15 is 0 Å². The van der Waals surface area contributed by atoms with Crippen LogP contribution in [-0.2, 0) is 4.74 Å². The van der Waals surface area contributed by atoms with Gasteiger partial charge in [0.1, 0.15) is 6.10 Å². The van der Waals surface area contributed by atoms with Crippen LogP contribution in [0.2, 0.25) is 0 Å². The van der Waals surface area contributed by atoms with Crippen LogP contribution in [0.25, 0.3) is 0 Å². The normalized spacial score (nSPS) is 26.9. The first-order valence-corrected chi connectivity index (χ1v) is 5.52. The molecule has 0 unspecified atom stereocenters. The molecule has 1 saturated heterocycles. The minimum Gasteiger partial charge on any atom is -0.364 e. The molecule has 1 heterocycles. The van der Waals surface area contributed by atoms with Crippen LogP contribution in [0.3, 0.4) is 0 Å². The highest BCUT2D eigenvalue weighted by molar-refractivity contribution is 6.21. The molecule has 0 N–H and O–H groups in total. The Labute approximate surface area is 85.8 Å². The largest absolute Gasteiger partial charge is 0.364 e. The molecule has 0 aliphatic carbocycles. The fraction of sp³-hybridized carbons (Fsp3) is 0.818.